The van der Waals surface area contributed by atoms with E-state index in [1.807, 2.05) is 50.2 Å². The molecule has 0 spiro atoms. The Morgan fingerprint density at radius 1 is 1.26 bits per heavy atom. The number of para-hydroxylation sites is 1. The normalized spacial score (nSPS) is 17.8. The summed E-state index contributed by atoms with van der Waals surface area (Å²) in [4.78, 5) is 16.4. The van der Waals surface area contributed by atoms with E-state index in [2.05, 4.69) is 0 Å². The number of hydrogen-bond donors (Lipinski definition) is 0. The van der Waals surface area contributed by atoms with Crippen molar-refractivity contribution in [1.29, 1.82) is 0 Å². The predicted octanol–water partition coefficient (Wildman–Crippen LogP) is 0.787. The molecular formula is C16H25N3O3S. The maximum Gasteiger partial charge on any atom is 0.242 e. The molecule has 1 atom stereocenters. The number of benzene rings is 1. The van der Waals surface area contributed by atoms with Gasteiger partial charge in [0.15, 0.2) is 0 Å². The predicted molar refractivity (Wildman–Crippen MR) is 92.1 cm³/mol. The zero-order valence-electron chi connectivity index (χ0n) is 14.2. The number of sulfonamides is 1. The van der Waals surface area contributed by atoms with Gasteiger partial charge in [-0.2, -0.15) is 4.31 Å². The molecule has 1 heterocycles. The minimum atomic E-state index is -3.42. The van der Waals surface area contributed by atoms with Crippen LogP contribution in [0.25, 0.3) is 0 Å². The van der Waals surface area contributed by atoms with Crippen LogP contribution in [0.4, 0.5) is 5.69 Å². The summed E-state index contributed by atoms with van der Waals surface area (Å²) in [5.74, 6) is -0.174. The summed E-state index contributed by atoms with van der Waals surface area (Å²) < 4.78 is 25.2. The summed E-state index contributed by atoms with van der Waals surface area (Å²) in [7, 11) is 0.331. The number of carbonyl (C=O) groups excluding carboxylic acids is 1. The highest BCUT2D eigenvalue weighted by atomic mass is 32.2. The number of rotatable bonds is 6. The minimum absolute atomic E-state index is 0.0511. The summed E-state index contributed by atoms with van der Waals surface area (Å²) in [6, 6.07) is 7.84. The van der Waals surface area contributed by atoms with E-state index < -0.39 is 10.0 Å². The Labute approximate surface area is 138 Å². The highest BCUT2D eigenvalue weighted by Crippen LogP contribution is 2.31. The molecular weight excluding hydrogens is 314 g/mol. The summed E-state index contributed by atoms with van der Waals surface area (Å²) in [5, 5.41) is 0. The van der Waals surface area contributed by atoms with Crippen LogP contribution in [0.1, 0.15) is 12.5 Å². The Hall–Kier alpha value is -1.44. The maximum absolute atomic E-state index is 12.7. The van der Waals surface area contributed by atoms with Crippen LogP contribution < -0.4 is 4.90 Å². The third-order valence-corrected chi connectivity index (χ3v) is 5.30. The molecule has 7 heteroatoms. The van der Waals surface area contributed by atoms with Crippen LogP contribution >= 0.6 is 0 Å². The van der Waals surface area contributed by atoms with Crippen molar-refractivity contribution in [2.24, 2.45) is 0 Å². The quantitative estimate of drug-likeness (QED) is 0.769. The number of hydrogen-bond acceptors (Lipinski definition) is 4. The van der Waals surface area contributed by atoms with Crippen LogP contribution in [-0.4, -0.2) is 69.6 Å². The zero-order chi connectivity index (χ0) is 17.2. The SMILES string of the molecule is CC1Cc2ccccc2N1C(=O)CN(CCN(C)C)S(C)(=O)=O. The van der Waals surface area contributed by atoms with Gasteiger partial charge in [0.1, 0.15) is 0 Å². The zero-order valence-corrected chi connectivity index (χ0v) is 15.0. The van der Waals surface area contributed by atoms with E-state index in [1.54, 1.807) is 4.90 Å². The largest absolute Gasteiger partial charge is 0.308 e. The Morgan fingerprint density at radius 3 is 2.52 bits per heavy atom. The van der Waals surface area contributed by atoms with Crippen LogP contribution in [0.3, 0.4) is 0 Å². The van der Waals surface area contributed by atoms with Crippen molar-refractivity contribution in [1.82, 2.24) is 9.21 Å². The van der Waals surface area contributed by atoms with Gasteiger partial charge in [0.05, 0.1) is 12.8 Å². The highest BCUT2D eigenvalue weighted by Gasteiger charge is 2.32. The molecule has 0 fully saturated rings. The molecule has 2 rings (SSSR count). The first-order valence-electron chi connectivity index (χ1n) is 7.70. The minimum Gasteiger partial charge on any atom is -0.308 e. The van der Waals surface area contributed by atoms with Crippen LogP contribution in [0.2, 0.25) is 0 Å². The van der Waals surface area contributed by atoms with Gasteiger partial charge in [-0.1, -0.05) is 18.2 Å². The van der Waals surface area contributed by atoms with Gasteiger partial charge >= 0.3 is 0 Å². The van der Waals surface area contributed by atoms with Crippen LogP contribution in [-0.2, 0) is 21.2 Å². The average Bonchev–Trinajstić information content (AvgIpc) is 2.77. The standard InChI is InChI=1S/C16H25N3O3S/c1-13-11-14-7-5-6-8-15(14)19(13)16(20)12-18(23(4,21)22)10-9-17(2)3/h5-8,13H,9-12H2,1-4H3. The average molecular weight is 339 g/mol. The first-order valence-corrected chi connectivity index (χ1v) is 9.55. The summed E-state index contributed by atoms with van der Waals surface area (Å²) in [6.45, 7) is 2.75. The smallest absolute Gasteiger partial charge is 0.242 e. The van der Waals surface area contributed by atoms with Gasteiger partial charge in [0.25, 0.3) is 0 Å². The van der Waals surface area contributed by atoms with E-state index in [0.29, 0.717) is 13.1 Å². The van der Waals surface area contributed by atoms with Gasteiger partial charge in [0, 0.05) is 24.8 Å². The molecule has 1 aromatic carbocycles. The number of nitrogens with zero attached hydrogens (tertiary/aromatic N) is 3. The van der Waals surface area contributed by atoms with Crippen molar-refractivity contribution in [2.45, 2.75) is 19.4 Å². The first kappa shape index (κ1) is 17.9. The molecule has 0 bridgehead atoms. The van der Waals surface area contributed by atoms with Crippen molar-refractivity contribution in [3.63, 3.8) is 0 Å². The van der Waals surface area contributed by atoms with Crippen molar-refractivity contribution in [3.05, 3.63) is 29.8 Å². The second kappa shape index (κ2) is 6.98. The number of fused-ring (bicyclic) bond motifs is 1. The van der Waals surface area contributed by atoms with Crippen LogP contribution in [0, 0.1) is 0 Å². The van der Waals surface area contributed by atoms with Gasteiger partial charge in [-0.15, -0.1) is 0 Å². The summed E-state index contributed by atoms with van der Waals surface area (Å²) >= 11 is 0. The Morgan fingerprint density at radius 2 is 1.91 bits per heavy atom. The lowest BCUT2D eigenvalue weighted by Crippen LogP contribution is -2.46. The third-order valence-electron chi connectivity index (χ3n) is 4.05. The van der Waals surface area contributed by atoms with E-state index in [1.165, 1.54) is 4.31 Å². The fourth-order valence-electron chi connectivity index (χ4n) is 2.85. The van der Waals surface area contributed by atoms with E-state index in [-0.39, 0.29) is 18.5 Å². The lowest BCUT2D eigenvalue weighted by atomic mass is 10.1. The van der Waals surface area contributed by atoms with Crippen molar-refractivity contribution >= 4 is 21.6 Å². The topological polar surface area (TPSA) is 60.9 Å². The molecule has 1 aliphatic rings. The molecule has 0 saturated carbocycles. The van der Waals surface area contributed by atoms with Gasteiger partial charge in [-0.3, -0.25) is 4.79 Å². The van der Waals surface area contributed by atoms with Gasteiger partial charge in [-0.05, 0) is 39.1 Å². The first-order chi connectivity index (χ1) is 10.7. The lowest BCUT2D eigenvalue weighted by molar-refractivity contribution is -0.119. The molecule has 1 aromatic rings. The maximum atomic E-state index is 12.7. The number of amides is 1. The van der Waals surface area contributed by atoms with Gasteiger partial charge < -0.3 is 9.80 Å². The van der Waals surface area contributed by atoms with Gasteiger partial charge in [-0.25, -0.2) is 8.42 Å². The highest BCUT2D eigenvalue weighted by molar-refractivity contribution is 7.88. The molecule has 1 amide bonds. The van der Waals surface area contributed by atoms with Crippen LogP contribution in [0.15, 0.2) is 24.3 Å². The molecule has 0 radical (unpaired) electrons. The molecule has 0 aliphatic carbocycles. The van der Waals surface area contributed by atoms with E-state index >= 15 is 0 Å². The van der Waals surface area contributed by atoms with Gasteiger partial charge in [0.2, 0.25) is 15.9 Å². The van der Waals surface area contributed by atoms with Crippen molar-refractivity contribution < 1.29 is 13.2 Å². The number of likely N-dealkylation sites (N-methyl/N-ethyl adjacent to an activating group) is 1. The molecule has 6 nitrogen and oxygen atoms in total. The molecule has 0 saturated heterocycles. The van der Waals surface area contributed by atoms with Crippen molar-refractivity contribution in [2.75, 3.05) is 44.9 Å². The second-order valence-corrected chi connectivity index (χ2v) is 8.33. The monoisotopic (exact) mass is 339 g/mol. The molecule has 1 unspecified atom stereocenters. The molecule has 0 aromatic heterocycles. The molecule has 1 aliphatic heterocycles. The van der Waals surface area contributed by atoms with E-state index in [4.69, 9.17) is 0 Å². The second-order valence-electron chi connectivity index (χ2n) is 6.35. The fourth-order valence-corrected chi connectivity index (χ4v) is 3.60. The number of carbonyl (C=O) groups is 1. The summed E-state index contributed by atoms with van der Waals surface area (Å²) in [5.41, 5.74) is 2.03. The van der Waals surface area contributed by atoms with E-state index in [0.717, 1.165) is 23.9 Å². The van der Waals surface area contributed by atoms with Crippen molar-refractivity contribution in [3.8, 4) is 0 Å². The molecule has 23 heavy (non-hydrogen) atoms. The lowest BCUT2D eigenvalue weighted by Gasteiger charge is -2.27. The Balaban J connectivity index is 2.16. The Kier molecular flexibility index (Phi) is 5.44. The fraction of sp³-hybridized carbons (Fsp3) is 0.562. The number of anilines is 1. The van der Waals surface area contributed by atoms with E-state index in [9.17, 15) is 13.2 Å². The van der Waals surface area contributed by atoms with Crippen LogP contribution in [0.5, 0.6) is 0 Å². The third kappa shape index (κ3) is 4.31. The Bertz CT molecular complexity index is 673. The molecule has 128 valence electrons. The molecule has 0 N–H and O–H groups in total. The summed E-state index contributed by atoms with van der Waals surface area (Å²) in [6.07, 6.45) is 1.95.